The smallest absolute Gasteiger partial charge is 0.253 e. The van der Waals surface area contributed by atoms with Crippen LogP contribution in [0.4, 0.5) is 0 Å². The molecule has 168 valence electrons. The lowest BCUT2D eigenvalue weighted by Crippen LogP contribution is -2.55. The number of hydrogen-bond acceptors (Lipinski definition) is 7. The number of benzene rings is 1. The summed E-state index contributed by atoms with van der Waals surface area (Å²) in [4.78, 5) is 28.6. The van der Waals surface area contributed by atoms with Crippen LogP contribution in [0.25, 0.3) is 0 Å². The Morgan fingerprint density at radius 2 is 1.68 bits per heavy atom. The lowest BCUT2D eigenvalue weighted by atomic mass is 10.1. The Morgan fingerprint density at radius 3 is 2.19 bits per heavy atom. The Bertz CT molecular complexity index is 1040. The van der Waals surface area contributed by atoms with E-state index in [0.717, 1.165) is 0 Å². The van der Waals surface area contributed by atoms with Gasteiger partial charge in [0.1, 0.15) is 16.3 Å². The minimum absolute atomic E-state index is 0.0537. The van der Waals surface area contributed by atoms with E-state index in [1.54, 1.807) is 41.2 Å². The van der Waals surface area contributed by atoms with E-state index < -0.39 is 16.1 Å². The van der Waals surface area contributed by atoms with Crippen molar-refractivity contribution in [1.29, 1.82) is 0 Å². The maximum absolute atomic E-state index is 12.8. The number of rotatable bonds is 6. The first-order chi connectivity index (χ1) is 14.6. The summed E-state index contributed by atoms with van der Waals surface area (Å²) < 4.78 is 37.7. The zero-order valence-electron chi connectivity index (χ0n) is 17.9. The van der Waals surface area contributed by atoms with Crippen LogP contribution in [0.15, 0.2) is 33.7 Å². The van der Waals surface area contributed by atoms with Gasteiger partial charge >= 0.3 is 0 Å². The van der Waals surface area contributed by atoms with Crippen molar-refractivity contribution in [3.63, 3.8) is 0 Å². The molecule has 31 heavy (non-hydrogen) atoms. The van der Waals surface area contributed by atoms with Crippen LogP contribution in [0.2, 0.25) is 0 Å². The Balaban J connectivity index is 1.58. The average Bonchev–Trinajstić information content (AvgIpc) is 3.11. The van der Waals surface area contributed by atoms with Gasteiger partial charge < -0.3 is 19.1 Å². The number of hydrogen-bond donors (Lipinski definition) is 1. The molecule has 0 radical (unpaired) electrons. The zero-order chi connectivity index (χ0) is 22.8. The van der Waals surface area contributed by atoms with Gasteiger partial charge in [-0.3, -0.25) is 9.59 Å². The van der Waals surface area contributed by atoms with Gasteiger partial charge in [-0.05, 0) is 45.0 Å². The molecule has 0 bridgehead atoms. The Labute approximate surface area is 181 Å². The Morgan fingerprint density at radius 1 is 1.10 bits per heavy atom. The average molecular weight is 451 g/mol. The highest BCUT2D eigenvalue weighted by Gasteiger charge is 2.32. The van der Waals surface area contributed by atoms with Crippen molar-refractivity contribution in [2.24, 2.45) is 0 Å². The molecule has 1 fully saturated rings. The molecular weight excluding hydrogens is 424 g/mol. The van der Waals surface area contributed by atoms with E-state index in [-0.39, 0.29) is 28.2 Å². The summed E-state index contributed by atoms with van der Waals surface area (Å²) in [6.07, 6.45) is 0. The van der Waals surface area contributed by atoms with Crippen LogP contribution in [0.3, 0.4) is 0 Å². The topological polar surface area (TPSA) is 122 Å². The van der Waals surface area contributed by atoms with Crippen molar-refractivity contribution in [3.05, 3.63) is 41.3 Å². The van der Waals surface area contributed by atoms with Gasteiger partial charge in [-0.15, -0.1) is 0 Å². The maximum Gasteiger partial charge on any atom is 0.253 e. The van der Waals surface area contributed by atoms with Crippen LogP contribution < -0.4 is 9.46 Å². The van der Waals surface area contributed by atoms with Crippen LogP contribution in [0.5, 0.6) is 5.75 Å². The molecule has 1 N–H and O–H groups in total. The number of amides is 2. The molecule has 10 nitrogen and oxygen atoms in total. The molecule has 0 unspecified atom stereocenters. The van der Waals surface area contributed by atoms with Crippen LogP contribution >= 0.6 is 0 Å². The molecule has 0 aliphatic carbocycles. The second kappa shape index (κ2) is 9.06. The van der Waals surface area contributed by atoms with Crippen molar-refractivity contribution in [1.82, 2.24) is 19.7 Å². The van der Waals surface area contributed by atoms with Crippen molar-refractivity contribution in [3.8, 4) is 5.75 Å². The molecule has 11 heteroatoms. The van der Waals surface area contributed by atoms with Crippen molar-refractivity contribution >= 4 is 21.8 Å². The van der Waals surface area contributed by atoms with Crippen molar-refractivity contribution < 1.29 is 27.3 Å². The third-order valence-electron chi connectivity index (χ3n) is 5.15. The lowest BCUT2D eigenvalue weighted by molar-refractivity contribution is -0.134. The lowest BCUT2D eigenvalue weighted by Gasteiger charge is -2.36. The van der Waals surface area contributed by atoms with Crippen LogP contribution in [0, 0.1) is 13.8 Å². The number of nitrogens with one attached hydrogen (secondary N) is 1. The number of carbonyl (C=O) groups excluding carboxylic acids is 2. The fraction of sp³-hybridized carbons (Fsp3) is 0.450. The zero-order valence-corrected chi connectivity index (χ0v) is 18.7. The number of sulfonamides is 1. The molecule has 2 aromatic rings. The largest absolute Gasteiger partial charge is 0.497 e. The molecule has 1 aromatic carbocycles. The summed E-state index contributed by atoms with van der Waals surface area (Å²) in [6, 6.07) is 5.87. The Kier molecular flexibility index (Phi) is 6.65. The van der Waals surface area contributed by atoms with Gasteiger partial charge in [0.2, 0.25) is 15.9 Å². The standard InChI is InChI=1S/C20H26N4O6S/c1-13-18(15(3)30-21-13)31(27,28)22-14(2)19(25)23-9-11-24(12-10-23)20(26)16-5-7-17(29-4)8-6-16/h5-8,14,22H,9-12H2,1-4H3/t14-/m0/s1. The molecule has 2 amide bonds. The third-order valence-corrected chi connectivity index (χ3v) is 6.94. The van der Waals surface area contributed by atoms with E-state index in [1.165, 1.54) is 20.8 Å². The van der Waals surface area contributed by atoms with E-state index >= 15 is 0 Å². The van der Waals surface area contributed by atoms with Gasteiger partial charge in [-0.25, -0.2) is 8.42 Å². The molecule has 1 aliphatic heterocycles. The number of carbonyl (C=O) groups is 2. The SMILES string of the molecule is COc1ccc(C(=O)N2CCN(C(=O)[C@H](C)NS(=O)(=O)c3c(C)noc3C)CC2)cc1. The van der Waals surface area contributed by atoms with E-state index in [2.05, 4.69) is 9.88 Å². The highest BCUT2D eigenvalue weighted by Crippen LogP contribution is 2.19. The van der Waals surface area contributed by atoms with E-state index in [4.69, 9.17) is 9.26 Å². The maximum atomic E-state index is 12.8. The molecule has 0 spiro atoms. The summed E-state index contributed by atoms with van der Waals surface area (Å²) in [5.41, 5.74) is 0.775. The molecular formula is C20H26N4O6S. The molecule has 3 rings (SSSR count). The number of aromatic nitrogens is 1. The first-order valence-corrected chi connectivity index (χ1v) is 11.3. The van der Waals surface area contributed by atoms with E-state index in [9.17, 15) is 18.0 Å². The molecule has 2 heterocycles. The number of aryl methyl sites for hydroxylation is 2. The van der Waals surface area contributed by atoms with Gasteiger partial charge in [-0.1, -0.05) is 5.16 Å². The molecule has 1 atom stereocenters. The van der Waals surface area contributed by atoms with Crippen LogP contribution in [-0.4, -0.2) is 74.5 Å². The monoisotopic (exact) mass is 450 g/mol. The normalized spacial score (nSPS) is 15.6. The van der Waals surface area contributed by atoms with Crippen molar-refractivity contribution in [2.75, 3.05) is 33.3 Å². The van der Waals surface area contributed by atoms with Gasteiger partial charge in [0, 0.05) is 31.7 Å². The van der Waals surface area contributed by atoms with Gasteiger partial charge in [0.05, 0.1) is 13.2 Å². The van der Waals surface area contributed by atoms with Crippen LogP contribution in [-0.2, 0) is 14.8 Å². The summed E-state index contributed by atoms with van der Waals surface area (Å²) >= 11 is 0. The molecule has 0 saturated carbocycles. The van der Waals surface area contributed by atoms with Gasteiger partial charge in [0.25, 0.3) is 5.91 Å². The third kappa shape index (κ3) is 4.88. The van der Waals surface area contributed by atoms with E-state index in [0.29, 0.717) is 37.5 Å². The number of nitrogens with zero attached hydrogens (tertiary/aromatic N) is 3. The van der Waals surface area contributed by atoms with Crippen LogP contribution in [0.1, 0.15) is 28.7 Å². The van der Waals surface area contributed by atoms with Gasteiger partial charge in [0.15, 0.2) is 5.76 Å². The highest BCUT2D eigenvalue weighted by molar-refractivity contribution is 7.89. The van der Waals surface area contributed by atoms with Gasteiger partial charge in [-0.2, -0.15) is 4.72 Å². The predicted molar refractivity (Wildman–Crippen MR) is 111 cm³/mol. The fourth-order valence-corrected chi connectivity index (χ4v) is 5.05. The Hall–Kier alpha value is -2.92. The summed E-state index contributed by atoms with van der Waals surface area (Å²) in [6.45, 7) is 5.87. The quantitative estimate of drug-likeness (QED) is 0.695. The number of methoxy groups -OCH3 is 1. The first-order valence-electron chi connectivity index (χ1n) is 9.81. The van der Waals surface area contributed by atoms with E-state index in [1.807, 2.05) is 0 Å². The first kappa shape index (κ1) is 22.8. The molecule has 1 aliphatic rings. The fourth-order valence-electron chi connectivity index (χ4n) is 3.52. The van der Waals surface area contributed by atoms with Crippen molar-refractivity contribution in [2.45, 2.75) is 31.7 Å². The molecule has 1 saturated heterocycles. The second-order valence-corrected chi connectivity index (χ2v) is 8.99. The highest BCUT2D eigenvalue weighted by atomic mass is 32.2. The summed E-state index contributed by atoms with van der Waals surface area (Å²) in [5, 5.41) is 3.65. The minimum atomic E-state index is -3.96. The predicted octanol–water partition coefficient (Wildman–Crippen LogP) is 0.951. The molecule has 1 aromatic heterocycles. The summed E-state index contributed by atoms with van der Waals surface area (Å²) in [7, 11) is -2.40. The second-order valence-electron chi connectivity index (χ2n) is 7.34. The summed E-state index contributed by atoms with van der Waals surface area (Å²) in [5.74, 6) is 0.351. The minimum Gasteiger partial charge on any atom is -0.497 e. The number of ether oxygens (including phenoxy) is 1. The number of piperazine rings is 1.